The average Bonchev–Trinajstić information content (AvgIpc) is 2.72. The Balaban J connectivity index is 1.44. The number of fused-ring (bicyclic) bond motifs is 4. The van der Waals surface area contributed by atoms with Gasteiger partial charge in [0.15, 0.2) is 0 Å². The van der Waals surface area contributed by atoms with Crippen LogP contribution < -0.4 is 15.6 Å². The Bertz CT molecular complexity index is 1020. The Hall–Kier alpha value is -2.61. The van der Waals surface area contributed by atoms with Crippen LogP contribution in [-0.4, -0.2) is 46.1 Å². The number of carbonyl (C=O) groups is 1. The second-order valence-corrected chi connectivity index (χ2v) is 9.73. The first kappa shape index (κ1) is 21.6. The highest BCUT2D eigenvalue weighted by Gasteiger charge is 2.50. The molecule has 3 aliphatic rings. The molecular formula is C23H31N3O5. The van der Waals surface area contributed by atoms with E-state index in [4.69, 9.17) is 14.2 Å². The third-order valence-corrected chi connectivity index (χ3v) is 6.38. The third-order valence-electron chi connectivity index (χ3n) is 6.38. The number of aryl methyl sites for hydroxylation is 1. The first-order valence-corrected chi connectivity index (χ1v) is 10.8. The van der Waals surface area contributed by atoms with Crippen LogP contribution in [0.3, 0.4) is 0 Å². The largest absolute Gasteiger partial charge is 0.495 e. The average molecular weight is 430 g/mol. The SMILES string of the molecule is COc1cnc2ccc(=O)n(CCC34CCC(NC(=O)OC(C)(C)C)(CC3)CO4)c2c1. The molecule has 5 rings (SSSR count). The molecule has 31 heavy (non-hydrogen) atoms. The highest BCUT2D eigenvalue weighted by atomic mass is 16.6. The monoisotopic (exact) mass is 429 g/mol. The van der Waals surface area contributed by atoms with Gasteiger partial charge < -0.3 is 24.1 Å². The number of amides is 1. The van der Waals surface area contributed by atoms with Crippen LogP contribution in [0.5, 0.6) is 5.75 Å². The quantitative estimate of drug-likeness (QED) is 0.783. The molecule has 8 nitrogen and oxygen atoms in total. The van der Waals surface area contributed by atoms with Gasteiger partial charge in [0.1, 0.15) is 11.4 Å². The standard InChI is InChI=1S/C23H31N3O5/c1-21(2,3)31-20(28)25-22-7-9-23(10-8-22,30-15-22)11-12-26-18-13-16(29-4)14-24-17(18)5-6-19(26)27/h5-6,13-14H,7-12,15H2,1-4H3,(H,25,28). The minimum Gasteiger partial charge on any atom is -0.495 e. The number of methoxy groups -OCH3 is 1. The van der Waals surface area contributed by atoms with Crippen molar-refractivity contribution in [2.75, 3.05) is 13.7 Å². The maximum atomic E-state index is 12.6. The summed E-state index contributed by atoms with van der Waals surface area (Å²) in [6.07, 6.45) is 5.34. The summed E-state index contributed by atoms with van der Waals surface area (Å²) in [6.45, 7) is 6.57. The van der Waals surface area contributed by atoms with Crippen LogP contribution in [0.2, 0.25) is 0 Å². The first-order chi connectivity index (χ1) is 14.6. The molecule has 3 fully saturated rings. The van der Waals surface area contributed by atoms with Crippen LogP contribution in [0.1, 0.15) is 52.9 Å². The molecule has 8 heteroatoms. The van der Waals surface area contributed by atoms with Gasteiger partial charge in [-0.15, -0.1) is 0 Å². The van der Waals surface area contributed by atoms with Crippen LogP contribution in [-0.2, 0) is 16.0 Å². The number of nitrogens with zero attached hydrogens (tertiary/aromatic N) is 2. The molecule has 2 aromatic rings. The molecule has 2 saturated heterocycles. The van der Waals surface area contributed by atoms with Gasteiger partial charge in [-0.05, 0) is 58.9 Å². The van der Waals surface area contributed by atoms with Crippen molar-refractivity contribution < 1.29 is 19.0 Å². The number of hydrogen-bond acceptors (Lipinski definition) is 6. The Kier molecular flexibility index (Phi) is 5.45. The number of hydrogen-bond donors (Lipinski definition) is 1. The van der Waals surface area contributed by atoms with Crippen LogP contribution in [0.15, 0.2) is 29.2 Å². The molecule has 1 saturated carbocycles. The highest BCUT2D eigenvalue weighted by Crippen LogP contribution is 2.45. The molecule has 0 spiro atoms. The maximum Gasteiger partial charge on any atom is 0.408 e. The van der Waals surface area contributed by atoms with Crippen molar-refractivity contribution in [3.63, 3.8) is 0 Å². The number of alkyl carbamates (subject to hydrolysis) is 1. The predicted molar refractivity (Wildman–Crippen MR) is 116 cm³/mol. The van der Waals surface area contributed by atoms with Gasteiger partial charge in [0.25, 0.3) is 5.56 Å². The van der Waals surface area contributed by atoms with E-state index in [0.717, 1.165) is 43.1 Å². The number of carbonyl (C=O) groups excluding carboxylic acids is 1. The lowest BCUT2D eigenvalue weighted by molar-refractivity contribution is -0.165. The Labute approximate surface area is 181 Å². The molecule has 0 atom stereocenters. The van der Waals surface area contributed by atoms with Gasteiger partial charge in [0.05, 0.1) is 42.1 Å². The van der Waals surface area contributed by atoms with Crippen molar-refractivity contribution in [2.45, 2.75) is 76.2 Å². The van der Waals surface area contributed by atoms with Crippen LogP contribution in [0.25, 0.3) is 11.0 Å². The molecule has 0 radical (unpaired) electrons. The molecule has 2 aliphatic heterocycles. The van der Waals surface area contributed by atoms with Gasteiger partial charge >= 0.3 is 6.09 Å². The molecular weight excluding hydrogens is 398 g/mol. The van der Waals surface area contributed by atoms with Gasteiger partial charge in [0.2, 0.25) is 0 Å². The summed E-state index contributed by atoms with van der Waals surface area (Å²) in [7, 11) is 1.59. The summed E-state index contributed by atoms with van der Waals surface area (Å²) in [4.78, 5) is 29.2. The second kappa shape index (κ2) is 7.82. The fourth-order valence-corrected chi connectivity index (χ4v) is 4.57. The van der Waals surface area contributed by atoms with E-state index in [2.05, 4.69) is 10.3 Å². The lowest BCUT2D eigenvalue weighted by Gasteiger charge is -2.53. The van der Waals surface area contributed by atoms with Crippen LogP contribution >= 0.6 is 0 Å². The smallest absolute Gasteiger partial charge is 0.408 e. The summed E-state index contributed by atoms with van der Waals surface area (Å²) in [5, 5.41) is 3.05. The van der Waals surface area contributed by atoms with Gasteiger partial charge in [-0.3, -0.25) is 9.78 Å². The van der Waals surface area contributed by atoms with E-state index >= 15 is 0 Å². The summed E-state index contributed by atoms with van der Waals surface area (Å²) >= 11 is 0. The minimum atomic E-state index is -0.530. The van der Waals surface area contributed by atoms with Crippen LogP contribution in [0, 0.1) is 0 Å². The van der Waals surface area contributed by atoms with E-state index in [1.165, 1.54) is 0 Å². The van der Waals surface area contributed by atoms with Gasteiger partial charge in [-0.25, -0.2) is 4.79 Å². The number of ether oxygens (including phenoxy) is 3. The van der Waals surface area contributed by atoms with Gasteiger partial charge in [-0.2, -0.15) is 0 Å². The van der Waals surface area contributed by atoms with E-state index in [1.54, 1.807) is 30.0 Å². The van der Waals surface area contributed by atoms with Crippen molar-refractivity contribution in [3.8, 4) is 5.75 Å². The summed E-state index contributed by atoms with van der Waals surface area (Å²) in [5.74, 6) is 0.620. The van der Waals surface area contributed by atoms with E-state index in [0.29, 0.717) is 18.9 Å². The van der Waals surface area contributed by atoms with E-state index < -0.39 is 11.7 Å². The summed E-state index contributed by atoms with van der Waals surface area (Å²) in [6, 6.07) is 5.14. The highest BCUT2D eigenvalue weighted by molar-refractivity contribution is 5.75. The van der Waals surface area contributed by atoms with Crippen molar-refractivity contribution in [3.05, 3.63) is 34.7 Å². The number of nitrogens with one attached hydrogen (secondary N) is 1. The zero-order valence-corrected chi connectivity index (χ0v) is 18.7. The molecule has 2 aromatic heterocycles. The van der Waals surface area contributed by atoms with Crippen LogP contribution in [0.4, 0.5) is 4.79 Å². The predicted octanol–water partition coefficient (Wildman–Crippen LogP) is 3.40. The topological polar surface area (TPSA) is 91.7 Å². The lowest BCUT2D eigenvalue weighted by Crippen LogP contribution is -2.63. The van der Waals surface area contributed by atoms with Crippen molar-refractivity contribution in [1.29, 1.82) is 0 Å². The Morgan fingerprint density at radius 3 is 2.61 bits per heavy atom. The maximum absolute atomic E-state index is 12.6. The van der Waals surface area contributed by atoms with Gasteiger partial charge in [-0.1, -0.05) is 0 Å². The first-order valence-electron chi connectivity index (χ1n) is 10.8. The number of rotatable bonds is 5. The van der Waals surface area contributed by atoms with E-state index in [-0.39, 0.29) is 16.7 Å². The fourth-order valence-electron chi connectivity index (χ4n) is 4.57. The van der Waals surface area contributed by atoms with E-state index in [9.17, 15) is 9.59 Å². The fraction of sp³-hybridized carbons (Fsp3) is 0.609. The minimum absolute atomic E-state index is 0.0634. The zero-order valence-electron chi connectivity index (χ0n) is 18.7. The zero-order chi connectivity index (χ0) is 22.3. The number of aromatic nitrogens is 2. The van der Waals surface area contributed by atoms with Crippen molar-refractivity contribution >= 4 is 17.1 Å². The van der Waals surface area contributed by atoms with Crippen molar-refractivity contribution in [2.24, 2.45) is 0 Å². The normalized spacial score (nSPS) is 25.4. The Morgan fingerprint density at radius 2 is 2.00 bits per heavy atom. The Morgan fingerprint density at radius 1 is 1.26 bits per heavy atom. The van der Waals surface area contributed by atoms with Crippen molar-refractivity contribution in [1.82, 2.24) is 14.9 Å². The van der Waals surface area contributed by atoms with Gasteiger partial charge in [0, 0.05) is 18.7 Å². The summed E-state index contributed by atoms with van der Waals surface area (Å²) < 4.78 is 18.8. The number of pyridine rings is 2. The third kappa shape index (κ3) is 4.54. The van der Waals surface area contributed by atoms with E-state index in [1.807, 2.05) is 26.8 Å². The molecule has 1 amide bonds. The second-order valence-electron chi connectivity index (χ2n) is 9.73. The molecule has 0 aromatic carbocycles. The molecule has 1 N–H and O–H groups in total. The molecule has 4 heterocycles. The molecule has 1 aliphatic carbocycles. The summed E-state index contributed by atoms with van der Waals surface area (Å²) in [5.41, 5.74) is 0.287. The molecule has 0 unspecified atom stereocenters. The molecule has 2 bridgehead atoms. The molecule has 168 valence electrons. The lowest BCUT2D eigenvalue weighted by atomic mass is 9.70.